The molecule has 0 N–H and O–H groups in total. The summed E-state index contributed by atoms with van der Waals surface area (Å²) in [5.74, 6) is 1.22. The Morgan fingerprint density at radius 3 is 2.34 bits per heavy atom. The van der Waals surface area contributed by atoms with Crippen molar-refractivity contribution in [3.05, 3.63) is 92.4 Å². The Balaban J connectivity index is 1.64. The highest BCUT2D eigenvalue weighted by molar-refractivity contribution is 9.10. The molecule has 0 aliphatic carbocycles. The first kappa shape index (κ1) is 20.6. The highest BCUT2D eigenvalue weighted by Crippen LogP contribution is 2.45. The minimum Gasteiger partial charge on any atom is -0.489 e. The zero-order valence-corrected chi connectivity index (χ0v) is 19.1. The Labute approximate surface area is 192 Å². The van der Waals surface area contributed by atoms with Gasteiger partial charge in [-0.2, -0.15) is 0 Å². The number of thioether (sulfide) groups is 1. The van der Waals surface area contributed by atoms with Crippen LogP contribution >= 0.6 is 50.9 Å². The van der Waals surface area contributed by atoms with E-state index in [1.165, 1.54) is 0 Å². The summed E-state index contributed by atoms with van der Waals surface area (Å²) in [4.78, 5) is 14.5. The lowest BCUT2D eigenvalue weighted by Crippen LogP contribution is -2.28. The van der Waals surface area contributed by atoms with E-state index in [-0.39, 0.29) is 11.3 Å². The second-order valence-electron chi connectivity index (χ2n) is 6.50. The number of nitrogens with zero attached hydrogens (tertiary/aromatic N) is 1. The molecule has 29 heavy (non-hydrogen) atoms. The van der Waals surface area contributed by atoms with E-state index in [9.17, 15) is 4.79 Å². The van der Waals surface area contributed by atoms with Gasteiger partial charge in [0, 0.05) is 25.8 Å². The fourth-order valence-electron chi connectivity index (χ4n) is 3.12. The normalized spacial score (nSPS) is 16.3. The van der Waals surface area contributed by atoms with E-state index in [1.807, 2.05) is 54.6 Å². The molecule has 1 aliphatic rings. The van der Waals surface area contributed by atoms with Crippen molar-refractivity contribution in [2.75, 3.05) is 10.7 Å². The number of benzene rings is 3. The fourth-order valence-corrected chi connectivity index (χ4v) is 4.94. The predicted octanol–water partition coefficient (Wildman–Crippen LogP) is 7.11. The van der Waals surface area contributed by atoms with Crippen molar-refractivity contribution in [1.82, 2.24) is 0 Å². The number of carbonyl (C=O) groups is 1. The van der Waals surface area contributed by atoms with E-state index in [0.717, 1.165) is 27.0 Å². The molecule has 148 valence electrons. The average molecular weight is 509 g/mol. The molecule has 0 bridgehead atoms. The molecule has 1 aliphatic heterocycles. The van der Waals surface area contributed by atoms with Gasteiger partial charge in [0.15, 0.2) is 0 Å². The van der Waals surface area contributed by atoms with E-state index in [0.29, 0.717) is 22.4 Å². The first-order valence-electron chi connectivity index (χ1n) is 8.87. The van der Waals surface area contributed by atoms with Gasteiger partial charge in [0.2, 0.25) is 5.91 Å². The molecule has 7 heteroatoms. The van der Waals surface area contributed by atoms with Gasteiger partial charge >= 0.3 is 0 Å². The van der Waals surface area contributed by atoms with Crippen LogP contribution in [0.5, 0.6) is 5.75 Å². The molecule has 0 spiro atoms. The van der Waals surface area contributed by atoms with Gasteiger partial charge in [0.25, 0.3) is 0 Å². The van der Waals surface area contributed by atoms with E-state index < -0.39 is 0 Å². The lowest BCUT2D eigenvalue weighted by atomic mass is 10.1. The Morgan fingerprint density at radius 1 is 1.00 bits per heavy atom. The van der Waals surface area contributed by atoms with E-state index >= 15 is 0 Å². The maximum Gasteiger partial charge on any atom is 0.238 e. The van der Waals surface area contributed by atoms with Crippen molar-refractivity contribution in [2.45, 2.75) is 12.0 Å². The van der Waals surface area contributed by atoms with Crippen molar-refractivity contribution in [2.24, 2.45) is 0 Å². The SMILES string of the molecule is O=C1CS[C@H](c2cc(Br)ccc2OCc2ccc(Cl)cc2)N1c1ccc(Cl)cc1. The summed E-state index contributed by atoms with van der Waals surface area (Å²) in [6.45, 7) is 0.415. The topological polar surface area (TPSA) is 29.5 Å². The molecular formula is C22H16BrCl2NO2S. The third-order valence-electron chi connectivity index (χ3n) is 4.52. The number of hydrogen-bond donors (Lipinski definition) is 0. The van der Waals surface area contributed by atoms with Gasteiger partial charge in [-0.25, -0.2) is 0 Å². The second-order valence-corrected chi connectivity index (χ2v) is 9.36. The first-order chi connectivity index (χ1) is 14.0. The Morgan fingerprint density at radius 2 is 1.66 bits per heavy atom. The number of halogens is 3. The summed E-state index contributed by atoms with van der Waals surface area (Å²) >= 11 is 17.1. The Kier molecular flexibility index (Phi) is 6.40. The number of anilines is 1. The first-order valence-corrected chi connectivity index (χ1v) is 11.5. The quantitative estimate of drug-likeness (QED) is 0.367. The van der Waals surface area contributed by atoms with Crippen LogP contribution < -0.4 is 9.64 Å². The largest absolute Gasteiger partial charge is 0.489 e. The smallest absolute Gasteiger partial charge is 0.238 e. The van der Waals surface area contributed by atoms with Crippen molar-refractivity contribution in [3.63, 3.8) is 0 Å². The number of amides is 1. The van der Waals surface area contributed by atoms with E-state index in [1.54, 1.807) is 28.8 Å². The lowest BCUT2D eigenvalue weighted by Gasteiger charge is -2.26. The van der Waals surface area contributed by atoms with E-state index in [2.05, 4.69) is 15.9 Å². The molecular weight excluding hydrogens is 493 g/mol. The monoisotopic (exact) mass is 507 g/mol. The number of carbonyl (C=O) groups excluding carboxylic acids is 1. The third-order valence-corrected chi connectivity index (χ3v) is 6.71. The average Bonchev–Trinajstić information content (AvgIpc) is 3.10. The van der Waals surface area contributed by atoms with Gasteiger partial charge in [-0.15, -0.1) is 11.8 Å². The van der Waals surface area contributed by atoms with Crippen molar-refractivity contribution < 1.29 is 9.53 Å². The Hall–Kier alpha value is -1.66. The van der Waals surface area contributed by atoms with Crippen LogP contribution in [0.4, 0.5) is 5.69 Å². The molecule has 3 nitrogen and oxygen atoms in total. The van der Waals surface area contributed by atoms with Crippen molar-refractivity contribution in [1.29, 1.82) is 0 Å². The number of rotatable bonds is 5. The molecule has 1 fully saturated rings. The molecule has 0 radical (unpaired) electrons. The molecule has 0 saturated carbocycles. The molecule has 1 saturated heterocycles. The molecule has 0 unspecified atom stereocenters. The molecule has 3 aromatic rings. The van der Waals surface area contributed by atoms with Crippen LogP contribution in [-0.4, -0.2) is 11.7 Å². The summed E-state index contributed by atoms with van der Waals surface area (Å²) in [6, 6.07) is 20.8. The molecule has 3 aromatic carbocycles. The second kappa shape index (κ2) is 9.00. The van der Waals surface area contributed by atoms with Gasteiger partial charge in [0.1, 0.15) is 17.7 Å². The summed E-state index contributed by atoms with van der Waals surface area (Å²) in [7, 11) is 0. The van der Waals surface area contributed by atoms with Gasteiger partial charge in [0.05, 0.1) is 5.75 Å². The molecule has 0 aromatic heterocycles. The van der Waals surface area contributed by atoms with Crippen LogP contribution in [0.15, 0.2) is 71.2 Å². The maximum absolute atomic E-state index is 12.7. The summed E-state index contributed by atoms with van der Waals surface area (Å²) in [5, 5.41) is 1.15. The van der Waals surface area contributed by atoms with Crippen LogP contribution in [0.1, 0.15) is 16.5 Å². The van der Waals surface area contributed by atoms with Crippen LogP contribution in [-0.2, 0) is 11.4 Å². The number of ether oxygens (including phenoxy) is 1. The van der Waals surface area contributed by atoms with Crippen LogP contribution in [0.3, 0.4) is 0 Å². The summed E-state index contributed by atoms with van der Waals surface area (Å²) < 4.78 is 7.07. The predicted molar refractivity (Wildman–Crippen MR) is 124 cm³/mol. The molecule has 1 heterocycles. The summed E-state index contributed by atoms with van der Waals surface area (Å²) in [5.41, 5.74) is 2.78. The fraction of sp³-hybridized carbons (Fsp3) is 0.136. The molecule has 1 atom stereocenters. The van der Waals surface area contributed by atoms with Gasteiger partial charge in [-0.1, -0.05) is 51.3 Å². The van der Waals surface area contributed by atoms with Gasteiger partial charge in [-0.3, -0.25) is 9.69 Å². The zero-order chi connectivity index (χ0) is 20.4. The van der Waals surface area contributed by atoms with Crippen LogP contribution in [0.2, 0.25) is 10.0 Å². The van der Waals surface area contributed by atoms with Crippen molar-refractivity contribution in [3.8, 4) is 5.75 Å². The lowest BCUT2D eigenvalue weighted by molar-refractivity contribution is -0.115. The minimum atomic E-state index is -0.179. The summed E-state index contributed by atoms with van der Waals surface area (Å²) in [6.07, 6.45) is 0. The zero-order valence-electron chi connectivity index (χ0n) is 15.1. The minimum absolute atomic E-state index is 0.0611. The van der Waals surface area contributed by atoms with Gasteiger partial charge in [-0.05, 0) is 60.2 Å². The van der Waals surface area contributed by atoms with Crippen LogP contribution in [0.25, 0.3) is 0 Å². The van der Waals surface area contributed by atoms with Crippen molar-refractivity contribution >= 4 is 62.5 Å². The maximum atomic E-state index is 12.7. The molecule has 4 rings (SSSR count). The standard InChI is InChI=1S/C22H16BrCl2NO2S/c23-15-3-10-20(28-12-14-1-4-16(24)5-2-14)19(11-15)22-26(21(27)13-29-22)18-8-6-17(25)7-9-18/h1-11,22H,12-13H2/t22-/m1/s1. The number of hydrogen-bond acceptors (Lipinski definition) is 3. The highest BCUT2D eigenvalue weighted by Gasteiger charge is 2.35. The van der Waals surface area contributed by atoms with Gasteiger partial charge < -0.3 is 4.74 Å². The highest BCUT2D eigenvalue weighted by atomic mass is 79.9. The Bertz CT molecular complexity index is 1030. The van der Waals surface area contributed by atoms with E-state index in [4.69, 9.17) is 27.9 Å². The third kappa shape index (κ3) is 4.75. The van der Waals surface area contributed by atoms with Crippen LogP contribution in [0, 0.1) is 0 Å². The molecule has 1 amide bonds.